The van der Waals surface area contributed by atoms with Crippen LogP contribution < -0.4 is 5.32 Å². The summed E-state index contributed by atoms with van der Waals surface area (Å²) in [4.78, 5) is 13.6. The van der Waals surface area contributed by atoms with Crippen molar-refractivity contribution in [3.63, 3.8) is 0 Å². The summed E-state index contributed by atoms with van der Waals surface area (Å²) in [6, 6.07) is 14.6. The van der Waals surface area contributed by atoms with Crippen molar-refractivity contribution >= 4 is 28.7 Å². The Morgan fingerprint density at radius 2 is 2.08 bits per heavy atom. The number of aryl methyl sites for hydroxylation is 1. The SMILES string of the molecule is Cc1ccc([C@H]2[C@H](c3ccccn3)NC(=S)N2Cc2cccnc2)s1. The minimum Gasteiger partial charge on any atom is -0.352 e. The summed E-state index contributed by atoms with van der Waals surface area (Å²) in [5.41, 5.74) is 2.15. The van der Waals surface area contributed by atoms with Crippen LogP contribution in [0.15, 0.2) is 61.1 Å². The quantitative estimate of drug-likeness (QED) is 0.706. The van der Waals surface area contributed by atoms with Crippen molar-refractivity contribution in [1.82, 2.24) is 20.2 Å². The zero-order valence-corrected chi connectivity index (χ0v) is 15.4. The summed E-state index contributed by atoms with van der Waals surface area (Å²) in [5, 5.41) is 4.24. The van der Waals surface area contributed by atoms with Gasteiger partial charge in [-0.05, 0) is 55.0 Å². The molecule has 1 aliphatic heterocycles. The maximum absolute atomic E-state index is 5.67. The summed E-state index contributed by atoms with van der Waals surface area (Å²) >= 11 is 7.49. The third kappa shape index (κ3) is 3.27. The standard InChI is InChI=1S/C19H18N4S2/c1-13-7-8-16(25-13)18-17(15-6-2-3-10-21-15)22-19(24)23(18)12-14-5-4-9-20-11-14/h2-11,17-18H,12H2,1H3,(H,22,24)/t17-,18-/m0/s1. The number of hydrogen-bond acceptors (Lipinski definition) is 4. The van der Waals surface area contributed by atoms with Crippen molar-refractivity contribution in [3.05, 3.63) is 82.1 Å². The molecular weight excluding hydrogens is 348 g/mol. The number of pyridine rings is 2. The predicted octanol–water partition coefficient (Wildman–Crippen LogP) is 4.02. The zero-order chi connectivity index (χ0) is 17.2. The van der Waals surface area contributed by atoms with Gasteiger partial charge in [-0.1, -0.05) is 12.1 Å². The van der Waals surface area contributed by atoms with Gasteiger partial charge in [0.1, 0.15) is 0 Å². The molecule has 0 amide bonds. The van der Waals surface area contributed by atoms with E-state index in [0.29, 0.717) is 0 Å². The fraction of sp³-hybridized carbons (Fsp3) is 0.211. The molecule has 3 aromatic rings. The van der Waals surface area contributed by atoms with Crippen molar-refractivity contribution < 1.29 is 0 Å². The van der Waals surface area contributed by atoms with Gasteiger partial charge in [-0.2, -0.15) is 0 Å². The largest absolute Gasteiger partial charge is 0.352 e. The van der Waals surface area contributed by atoms with Crippen molar-refractivity contribution in [2.24, 2.45) is 0 Å². The molecule has 1 fully saturated rings. The number of nitrogens with zero attached hydrogens (tertiary/aromatic N) is 3. The minimum absolute atomic E-state index is 0.0448. The highest BCUT2D eigenvalue weighted by atomic mass is 32.1. The van der Waals surface area contributed by atoms with Gasteiger partial charge < -0.3 is 10.2 Å². The zero-order valence-electron chi connectivity index (χ0n) is 13.8. The fourth-order valence-electron chi connectivity index (χ4n) is 3.19. The predicted molar refractivity (Wildman–Crippen MR) is 104 cm³/mol. The van der Waals surface area contributed by atoms with E-state index in [1.807, 2.05) is 41.9 Å². The number of thiophene rings is 1. The third-order valence-electron chi connectivity index (χ3n) is 4.33. The lowest BCUT2D eigenvalue weighted by molar-refractivity contribution is 0.315. The second-order valence-electron chi connectivity index (χ2n) is 6.06. The van der Waals surface area contributed by atoms with Crippen LogP contribution in [0.1, 0.15) is 33.1 Å². The lowest BCUT2D eigenvalue weighted by Crippen LogP contribution is -2.28. The summed E-state index contributed by atoms with van der Waals surface area (Å²) in [6.45, 7) is 2.86. The van der Waals surface area contributed by atoms with E-state index >= 15 is 0 Å². The molecule has 126 valence electrons. The summed E-state index contributed by atoms with van der Waals surface area (Å²) in [7, 11) is 0. The Morgan fingerprint density at radius 3 is 2.76 bits per heavy atom. The number of aromatic nitrogens is 2. The van der Waals surface area contributed by atoms with Crippen LogP contribution in [0.5, 0.6) is 0 Å². The first-order chi connectivity index (χ1) is 12.2. The molecule has 0 aliphatic carbocycles. The Balaban J connectivity index is 1.72. The maximum Gasteiger partial charge on any atom is 0.170 e. The third-order valence-corrected chi connectivity index (χ3v) is 5.75. The van der Waals surface area contributed by atoms with Gasteiger partial charge >= 0.3 is 0 Å². The number of thiocarbonyl (C=S) groups is 1. The second kappa shape index (κ2) is 6.90. The molecule has 1 N–H and O–H groups in total. The Bertz CT molecular complexity index is 863. The van der Waals surface area contributed by atoms with Crippen LogP contribution in [0.25, 0.3) is 0 Å². The molecule has 4 nitrogen and oxygen atoms in total. The van der Waals surface area contributed by atoms with Gasteiger partial charge in [0.25, 0.3) is 0 Å². The van der Waals surface area contributed by atoms with Gasteiger partial charge in [0.15, 0.2) is 5.11 Å². The lowest BCUT2D eigenvalue weighted by Gasteiger charge is -2.26. The van der Waals surface area contributed by atoms with Crippen LogP contribution in [0.2, 0.25) is 0 Å². The monoisotopic (exact) mass is 366 g/mol. The van der Waals surface area contributed by atoms with E-state index in [0.717, 1.165) is 22.9 Å². The van der Waals surface area contributed by atoms with Gasteiger partial charge in [0.05, 0.1) is 17.8 Å². The second-order valence-corrected chi connectivity index (χ2v) is 7.77. The maximum atomic E-state index is 5.67. The van der Waals surface area contributed by atoms with E-state index < -0.39 is 0 Å². The first kappa shape index (κ1) is 16.2. The van der Waals surface area contributed by atoms with Crippen molar-refractivity contribution in [2.75, 3.05) is 0 Å². The van der Waals surface area contributed by atoms with Gasteiger partial charge in [-0.3, -0.25) is 9.97 Å². The van der Waals surface area contributed by atoms with E-state index in [4.69, 9.17) is 12.2 Å². The summed E-state index contributed by atoms with van der Waals surface area (Å²) in [6.07, 6.45) is 5.52. The first-order valence-corrected chi connectivity index (χ1v) is 9.38. The topological polar surface area (TPSA) is 41.1 Å². The average molecular weight is 367 g/mol. The van der Waals surface area contributed by atoms with E-state index in [9.17, 15) is 0 Å². The molecule has 4 rings (SSSR count). The number of rotatable bonds is 4. The molecule has 1 saturated heterocycles. The van der Waals surface area contributed by atoms with Crippen molar-refractivity contribution in [3.8, 4) is 0 Å². The Morgan fingerprint density at radius 1 is 1.16 bits per heavy atom. The van der Waals surface area contributed by atoms with Crippen LogP contribution in [-0.2, 0) is 6.54 Å². The molecule has 0 spiro atoms. The fourth-order valence-corrected chi connectivity index (χ4v) is 4.52. The average Bonchev–Trinajstić information content (AvgIpc) is 3.20. The van der Waals surface area contributed by atoms with Gasteiger partial charge in [-0.15, -0.1) is 11.3 Å². The first-order valence-electron chi connectivity index (χ1n) is 8.15. The Labute approximate surface area is 156 Å². The van der Waals surface area contributed by atoms with Crippen LogP contribution >= 0.6 is 23.6 Å². The van der Waals surface area contributed by atoms with E-state index in [-0.39, 0.29) is 12.1 Å². The normalized spacial score (nSPS) is 19.9. The van der Waals surface area contributed by atoms with Crippen molar-refractivity contribution in [2.45, 2.75) is 25.6 Å². The van der Waals surface area contributed by atoms with E-state index in [2.05, 4.69) is 51.4 Å². The van der Waals surface area contributed by atoms with Crippen LogP contribution in [0.3, 0.4) is 0 Å². The molecule has 0 unspecified atom stereocenters. The molecule has 6 heteroatoms. The van der Waals surface area contributed by atoms with Crippen LogP contribution in [0.4, 0.5) is 0 Å². The summed E-state index contributed by atoms with van der Waals surface area (Å²) in [5.74, 6) is 0. The smallest absolute Gasteiger partial charge is 0.170 e. The van der Waals surface area contributed by atoms with Gasteiger partial charge in [-0.25, -0.2) is 0 Å². The Kier molecular flexibility index (Phi) is 4.46. The lowest BCUT2D eigenvalue weighted by atomic mass is 10.0. The molecular formula is C19H18N4S2. The van der Waals surface area contributed by atoms with Gasteiger partial charge in [0, 0.05) is 34.9 Å². The molecule has 4 heterocycles. The van der Waals surface area contributed by atoms with Gasteiger partial charge in [0.2, 0.25) is 0 Å². The Hall–Kier alpha value is -2.31. The van der Waals surface area contributed by atoms with E-state index in [1.165, 1.54) is 9.75 Å². The molecule has 0 bridgehead atoms. The molecule has 2 atom stereocenters. The molecule has 0 aromatic carbocycles. The number of hydrogen-bond donors (Lipinski definition) is 1. The highest BCUT2D eigenvalue weighted by Gasteiger charge is 2.40. The van der Waals surface area contributed by atoms with Crippen LogP contribution in [-0.4, -0.2) is 20.0 Å². The molecule has 3 aromatic heterocycles. The van der Waals surface area contributed by atoms with Crippen molar-refractivity contribution in [1.29, 1.82) is 0 Å². The molecule has 1 aliphatic rings. The highest BCUT2D eigenvalue weighted by Crippen LogP contribution is 2.41. The van der Waals surface area contributed by atoms with Crippen LogP contribution in [0, 0.1) is 6.92 Å². The number of nitrogens with one attached hydrogen (secondary N) is 1. The molecule has 0 saturated carbocycles. The highest BCUT2D eigenvalue weighted by molar-refractivity contribution is 7.80. The molecule has 25 heavy (non-hydrogen) atoms. The molecule has 0 radical (unpaired) electrons. The van der Waals surface area contributed by atoms with E-state index in [1.54, 1.807) is 6.20 Å². The summed E-state index contributed by atoms with van der Waals surface area (Å²) < 4.78 is 0. The minimum atomic E-state index is 0.0448.